The molecule has 10 nitrogen and oxygen atoms in total. The highest BCUT2D eigenvalue weighted by molar-refractivity contribution is 6.04. The lowest BCUT2D eigenvalue weighted by atomic mass is 9.92. The van der Waals surface area contributed by atoms with Gasteiger partial charge in [0.2, 0.25) is 24.6 Å². The number of aryl methyl sites for hydroxylation is 1. The van der Waals surface area contributed by atoms with E-state index in [0.29, 0.717) is 17.2 Å². The van der Waals surface area contributed by atoms with Crippen molar-refractivity contribution in [1.29, 1.82) is 0 Å². The lowest BCUT2D eigenvalue weighted by molar-refractivity contribution is -0.123. The number of H-pyrrole nitrogens is 1. The second-order valence-corrected chi connectivity index (χ2v) is 7.53. The monoisotopic (exact) mass is 433 g/mol. The summed E-state index contributed by atoms with van der Waals surface area (Å²) in [6.07, 6.45) is -0.168. The highest BCUT2D eigenvalue weighted by atomic mass is 16.7. The van der Waals surface area contributed by atoms with Gasteiger partial charge in [-0.05, 0) is 31.2 Å². The van der Waals surface area contributed by atoms with Crippen LogP contribution in [0.15, 0.2) is 47.3 Å². The number of aromatic amines is 1. The molecule has 3 heterocycles. The fourth-order valence-corrected chi connectivity index (χ4v) is 3.63. The molecule has 2 aromatic carbocycles. The molecule has 0 radical (unpaired) electrons. The Balaban J connectivity index is 1.42. The van der Waals surface area contributed by atoms with Gasteiger partial charge >= 0.3 is 0 Å². The van der Waals surface area contributed by atoms with Gasteiger partial charge in [-0.2, -0.15) is 4.98 Å². The average molecular weight is 433 g/mol. The number of rotatable bonds is 4. The topological polar surface area (TPSA) is 134 Å². The van der Waals surface area contributed by atoms with Crippen molar-refractivity contribution >= 4 is 35.0 Å². The van der Waals surface area contributed by atoms with Gasteiger partial charge in [0, 0.05) is 23.9 Å². The molecule has 10 heteroatoms. The van der Waals surface area contributed by atoms with Crippen LogP contribution in [0.3, 0.4) is 0 Å². The highest BCUT2D eigenvalue weighted by Gasteiger charge is 2.35. The molecule has 0 fully saturated rings. The van der Waals surface area contributed by atoms with E-state index in [0.717, 1.165) is 11.3 Å². The summed E-state index contributed by atoms with van der Waals surface area (Å²) >= 11 is 0. The molecular formula is C22H19N5O5. The molecule has 4 N–H and O–H groups in total. The number of nitrogens with zero attached hydrogens (tertiary/aromatic N) is 1. The van der Waals surface area contributed by atoms with Gasteiger partial charge in [-0.15, -0.1) is 0 Å². The first-order valence-corrected chi connectivity index (χ1v) is 9.94. The Morgan fingerprint density at radius 2 is 1.81 bits per heavy atom. The number of ether oxygens (including phenoxy) is 2. The van der Waals surface area contributed by atoms with E-state index in [-0.39, 0.29) is 30.5 Å². The molecule has 0 spiro atoms. The molecule has 0 bridgehead atoms. The highest BCUT2D eigenvalue weighted by Crippen LogP contribution is 2.35. The SMILES string of the molecule is Cc1ccc(Nc2nc3c(c(=O)[nH]2)C(C(=O)Nc2ccc4c(c2)OCO4)CC(=O)N3)cc1. The van der Waals surface area contributed by atoms with Crippen LogP contribution in [0.5, 0.6) is 11.5 Å². The predicted octanol–water partition coefficient (Wildman–Crippen LogP) is 2.62. The van der Waals surface area contributed by atoms with Gasteiger partial charge in [0.15, 0.2) is 11.5 Å². The molecule has 2 aliphatic rings. The molecule has 0 saturated heterocycles. The van der Waals surface area contributed by atoms with Crippen molar-refractivity contribution in [2.75, 3.05) is 22.7 Å². The van der Waals surface area contributed by atoms with Crippen molar-refractivity contribution in [2.45, 2.75) is 19.3 Å². The van der Waals surface area contributed by atoms with Gasteiger partial charge in [-0.1, -0.05) is 17.7 Å². The van der Waals surface area contributed by atoms with E-state index in [1.165, 1.54) is 0 Å². The third-order valence-corrected chi connectivity index (χ3v) is 5.22. The molecule has 2 aliphatic heterocycles. The zero-order chi connectivity index (χ0) is 22.2. The number of amides is 2. The van der Waals surface area contributed by atoms with Crippen LogP contribution >= 0.6 is 0 Å². The van der Waals surface area contributed by atoms with Crippen molar-refractivity contribution < 1.29 is 19.1 Å². The van der Waals surface area contributed by atoms with Gasteiger partial charge in [0.25, 0.3) is 5.56 Å². The summed E-state index contributed by atoms with van der Waals surface area (Å²) in [4.78, 5) is 45.1. The van der Waals surface area contributed by atoms with Gasteiger partial charge < -0.3 is 25.4 Å². The number of hydrogen-bond donors (Lipinski definition) is 4. The number of anilines is 4. The van der Waals surface area contributed by atoms with Crippen LogP contribution in [0.25, 0.3) is 0 Å². The fraction of sp³-hybridized carbons (Fsp3) is 0.182. The van der Waals surface area contributed by atoms with Crippen molar-refractivity contribution in [1.82, 2.24) is 9.97 Å². The van der Waals surface area contributed by atoms with Gasteiger partial charge in [0.1, 0.15) is 5.82 Å². The first-order chi connectivity index (χ1) is 15.5. The van der Waals surface area contributed by atoms with Gasteiger partial charge in [0.05, 0.1) is 11.5 Å². The van der Waals surface area contributed by atoms with E-state index in [9.17, 15) is 14.4 Å². The summed E-state index contributed by atoms with van der Waals surface area (Å²) in [5, 5.41) is 8.33. The molecular weight excluding hydrogens is 414 g/mol. The summed E-state index contributed by atoms with van der Waals surface area (Å²) in [5.74, 6) is -0.571. The maximum atomic E-state index is 13.0. The molecule has 0 aliphatic carbocycles. The number of carbonyl (C=O) groups excluding carboxylic acids is 2. The molecule has 0 saturated carbocycles. The van der Waals surface area contributed by atoms with E-state index in [2.05, 4.69) is 25.9 Å². The molecule has 162 valence electrons. The molecule has 1 aromatic heterocycles. The minimum atomic E-state index is -0.992. The molecule has 5 rings (SSSR count). The van der Waals surface area contributed by atoms with Crippen LogP contribution in [0, 0.1) is 6.92 Å². The Morgan fingerprint density at radius 3 is 2.62 bits per heavy atom. The van der Waals surface area contributed by atoms with Gasteiger partial charge in [-0.3, -0.25) is 19.4 Å². The van der Waals surface area contributed by atoms with Crippen LogP contribution in [-0.2, 0) is 9.59 Å². The van der Waals surface area contributed by atoms with Crippen LogP contribution in [-0.4, -0.2) is 28.6 Å². The largest absolute Gasteiger partial charge is 0.454 e. The summed E-state index contributed by atoms with van der Waals surface area (Å²) in [6.45, 7) is 2.08. The van der Waals surface area contributed by atoms with E-state index < -0.39 is 23.3 Å². The maximum Gasteiger partial charge on any atom is 0.258 e. The first-order valence-electron chi connectivity index (χ1n) is 9.94. The van der Waals surface area contributed by atoms with Crippen LogP contribution in [0.4, 0.5) is 23.1 Å². The van der Waals surface area contributed by atoms with E-state index in [4.69, 9.17) is 9.47 Å². The predicted molar refractivity (Wildman–Crippen MR) is 117 cm³/mol. The van der Waals surface area contributed by atoms with E-state index in [1.807, 2.05) is 31.2 Å². The summed E-state index contributed by atoms with van der Waals surface area (Å²) in [5.41, 5.74) is 1.88. The fourth-order valence-electron chi connectivity index (χ4n) is 3.63. The molecule has 1 unspecified atom stereocenters. The smallest absolute Gasteiger partial charge is 0.258 e. The van der Waals surface area contributed by atoms with E-state index >= 15 is 0 Å². The second kappa shape index (κ2) is 7.73. The Kier molecular flexibility index (Phi) is 4.74. The zero-order valence-corrected chi connectivity index (χ0v) is 17.0. The van der Waals surface area contributed by atoms with Crippen molar-refractivity contribution in [3.05, 3.63) is 63.9 Å². The summed E-state index contributed by atoms with van der Waals surface area (Å²) in [7, 11) is 0. The van der Waals surface area contributed by atoms with Crippen LogP contribution < -0.4 is 31.0 Å². The molecule has 3 aromatic rings. The average Bonchev–Trinajstić information content (AvgIpc) is 3.22. The first kappa shape index (κ1) is 19.6. The normalized spacial score (nSPS) is 16.2. The third-order valence-electron chi connectivity index (χ3n) is 5.22. The summed E-state index contributed by atoms with van der Waals surface area (Å²) < 4.78 is 10.6. The van der Waals surface area contributed by atoms with Crippen molar-refractivity contribution in [2.24, 2.45) is 0 Å². The molecule has 32 heavy (non-hydrogen) atoms. The lowest BCUT2D eigenvalue weighted by Crippen LogP contribution is -2.36. The van der Waals surface area contributed by atoms with Crippen LogP contribution in [0.2, 0.25) is 0 Å². The van der Waals surface area contributed by atoms with Crippen molar-refractivity contribution in [3.63, 3.8) is 0 Å². The number of aromatic nitrogens is 2. The number of carbonyl (C=O) groups is 2. The maximum absolute atomic E-state index is 13.0. The number of nitrogens with one attached hydrogen (secondary N) is 4. The number of benzene rings is 2. The molecule has 1 atom stereocenters. The van der Waals surface area contributed by atoms with Crippen molar-refractivity contribution in [3.8, 4) is 11.5 Å². The van der Waals surface area contributed by atoms with E-state index in [1.54, 1.807) is 18.2 Å². The summed E-state index contributed by atoms with van der Waals surface area (Å²) in [6, 6.07) is 12.5. The third kappa shape index (κ3) is 3.73. The van der Waals surface area contributed by atoms with Crippen LogP contribution in [0.1, 0.15) is 23.5 Å². The Bertz CT molecular complexity index is 1280. The quantitative estimate of drug-likeness (QED) is 0.497. The number of fused-ring (bicyclic) bond motifs is 2. The lowest BCUT2D eigenvalue weighted by Gasteiger charge is -2.23. The molecule has 2 amide bonds. The Hall–Kier alpha value is -4.34. The minimum absolute atomic E-state index is 0.0606. The zero-order valence-electron chi connectivity index (χ0n) is 17.0. The Labute approximate surface area is 182 Å². The van der Waals surface area contributed by atoms with Gasteiger partial charge in [-0.25, -0.2) is 0 Å². The number of hydrogen-bond acceptors (Lipinski definition) is 7. The Morgan fingerprint density at radius 1 is 1.06 bits per heavy atom. The second-order valence-electron chi connectivity index (χ2n) is 7.53. The minimum Gasteiger partial charge on any atom is -0.454 e. The standard InChI is InChI=1S/C22H19N5O5/c1-11-2-4-12(5-3-11)24-22-26-19-18(21(30)27-22)14(9-17(28)25-19)20(29)23-13-6-7-15-16(8-13)32-10-31-15/h2-8,14H,9-10H2,1H3,(H,23,29)(H3,24,25,26,27,28,30).